The second-order valence-electron chi connectivity index (χ2n) is 10.7. The van der Waals surface area contributed by atoms with Gasteiger partial charge in [-0.25, -0.2) is 4.79 Å². The first-order valence-corrected chi connectivity index (χ1v) is 15.0. The molecule has 4 amide bonds. The molecule has 12 heteroatoms. The van der Waals surface area contributed by atoms with Crippen LogP contribution in [0.5, 0.6) is 0 Å². The molecule has 1 atom stereocenters. The van der Waals surface area contributed by atoms with Gasteiger partial charge in [0.15, 0.2) is 6.61 Å². The molecular formula is C30H38Cl2N6O4. The molecule has 2 aromatic rings. The molecule has 0 spiro atoms. The first kappa shape index (κ1) is 31.6. The molecule has 0 aromatic heterocycles. The largest absolute Gasteiger partial charge is 0.386 e. The van der Waals surface area contributed by atoms with Crippen LogP contribution in [-0.2, 0) is 9.63 Å². The van der Waals surface area contributed by atoms with Gasteiger partial charge in [0.05, 0.1) is 12.3 Å². The van der Waals surface area contributed by atoms with Gasteiger partial charge < -0.3 is 30.6 Å². The van der Waals surface area contributed by atoms with E-state index in [1.54, 1.807) is 25.2 Å². The zero-order chi connectivity index (χ0) is 30.1. The fraction of sp³-hybridized carbons (Fsp3) is 0.467. The van der Waals surface area contributed by atoms with E-state index in [0.29, 0.717) is 27.7 Å². The molecule has 0 bridgehead atoms. The summed E-state index contributed by atoms with van der Waals surface area (Å²) < 4.78 is 0. The highest BCUT2D eigenvalue weighted by atomic mass is 35.5. The number of likely N-dealkylation sites (tertiary alicyclic amines) is 1. The number of carbonyl (C=O) groups excluding carboxylic acids is 3. The van der Waals surface area contributed by atoms with E-state index in [1.165, 1.54) is 4.90 Å². The molecule has 1 unspecified atom stereocenters. The van der Waals surface area contributed by atoms with Crippen molar-refractivity contribution in [2.45, 2.75) is 37.6 Å². The summed E-state index contributed by atoms with van der Waals surface area (Å²) in [6.07, 6.45) is 3.53. The predicted octanol–water partition coefficient (Wildman–Crippen LogP) is 3.98. The first-order valence-electron chi connectivity index (χ1n) is 14.2. The van der Waals surface area contributed by atoms with Crippen molar-refractivity contribution in [3.8, 4) is 0 Å². The lowest BCUT2D eigenvalue weighted by Crippen LogP contribution is -2.54. The number of hydrogen-bond donors (Lipinski definition) is 2. The molecule has 0 radical (unpaired) electrons. The number of benzene rings is 2. The molecule has 0 saturated carbocycles. The SMILES string of the molecule is CN(C/C(=N\OCC(N)=O)C(CCN1CCC(N2CCCNC2=O)CC1)c1ccccc1)C(=O)c1cc(Cl)cc(Cl)c1. The van der Waals surface area contributed by atoms with Crippen LogP contribution in [0.25, 0.3) is 0 Å². The summed E-state index contributed by atoms with van der Waals surface area (Å²) in [5.74, 6) is -1.11. The van der Waals surface area contributed by atoms with Crippen LogP contribution < -0.4 is 11.1 Å². The van der Waals surface area contributed by atoms with Gasteiger partial charge in [0.2, 0.25) is 0 Å². The third-order valence-electron chi connectivity index (χ3n) is 7.69. The number of nitrogens with one attached hydrogen (secondary N) is 1. The number of carbonyl (C=O) groups is 3. The summed E-state index contributed by atoms with van der Waals surface area (Å²) in [6.45, 7) is 3.89. The van der Waals surface area contributed by atoms with Gasteiger partial charge in [-0.2, -0.15) is 0 Å². The van der Waals surface area contributed by atoms with Crippen LogP contribution >= 0.6 is 23.2 Å². The summed E-state index contributed by atoms with van der Waals surface area (Å²) in [6, 6.07) is 14.9. The Morgan fingerprint density at radius 1 is 1.12 bits per heavy atom. The van der Waals surface area contributed by atoms with Gasteiger partial charge in [-0.3, -0.25) is 9.59 Å². The number of halogens is 2. The van der Waals surface area contributed by atoms with E-state index in [2.05, 4.69) is 15.4 Å². The number of primary amides is 1. The Morgan fingerprint density at radius 2 is 1.81 bits per heavy atom. The summed E-state index contributed by atoms with van der Waals surface area (Å²) in [5, 5.41) is 8.02. The van der Waals surface area contributed by atoms with Crippen molar-refractivity contribution in [2.24, 2.45) is 10.9 Å². The highest BCUT2D eigenvalue weighted by molar-refractivity contribution is 6.35. The Labute approximate surface area is 256 Å². The van der Waals surface area contributed by atoms with E-state index < -0.39 is 5.91 Å². The van der Waals surface area contributed by atoms with Gasteiger partial charge in [0.1, 0.15) is 0 Å². The molecule has 4 rings (SSSR count). The Balaban J connectivity index is 1.48. The standard InChI is InChI=1S/C30H38Cl2N6O4/c1-36(29(40)22-16-23(31)18-24(32)17-22)19-27(35-42-20-28(33)39)26(21-6-3-2-4-7-21)10-15-37-13-8-25(9-14-37)38-12-5-11-34-30(38)41/h2-4,6-7,16-18,25-26H,5,8-15,19-20H2,1H3,(H2,33,39)(H,34,41)/b35-27+. The average molecular weight is 618 g/mol. The van der Waals surface area contributed by atoms with Crippen molar-refractivity contribution < 1.29 is 19.2 Å². The summed E-state index contributed by atoms with van der Waals surface area (Å²) in [7, 11) is 1.67. The lowest BCUT2D eigenvalue weighted by molar-refractivity contribution is -0.122. The van der Waals surface area contributed by atoms with Crippen LogP contribution in [0, 0.1) is 0 Å². The third-order valence-corrected chi connectivity index (χ3v) is 8.13. The molecule has 2 aromatic carbocycles. The van der Waals surface area contributed by atoms with Crippen molar-refractivity contribution in [3.63, 3.8) is 0 Å². The van der Waals surface area contributed by atoms with E-state index in [-0.39, 0.29) is 37.0 Å². The second kappa shape index (κ2) is 15.2. The number of rotatable bonds is 12. The van der Waals surface area contributed by atoms with Crippen molar-refractivity contribution in [2.75, 3.05) is 52.9 Å². The minimum absolute atomic E-state index is 0.0411. The normalized spacial score (nSPS) is 17.5. The van der Waals surface area contributed by atoms with Gasteiger partial charge in [0.25, 0.3) is 11.8 Å². The van der Waals surface area contributed by atoms with Crippen LogP contribution in [-0.4, -0.2) is 97.2 Å². The van der Waals surface area contributed by atoms with Gasteiger partial charge >= 0.3 is 6.03 Å². The fourth-order valence-electron chi connectivity index (χ4n) is 5.57. The second-order valence-corrected chi connectivity index (χ2v) is 11.6. The number of hydrogen-bond acceptors (Lipinski definition) is 6. The monoisotopic (exact) mass is 616 g/mol. The molecule has 2 fully saturated rings. The molecule has 3 N–H and O–H groups in total. The van der Waals surface area contributed by atoms with Crippen LogP contribution in [0.4, 0.5) is 4.79 Å². The highest BCUT2D eigenvalue weighted by Crippen LogP contribution is 2.26. The minimum Gasteiger partial charge on any atom is -0.386 e. The predicted molar refractivity (Wildman–Crippen MR) is 164 cm³/mol. The summed E-state index contributed by atoms with van der Waals surface area (Å²) in [5.41, 5.74) is 7.26. The molecule has 2 aliphatic heterocycles. The van der Waals surface area contributed by atoms with Crippen LogP contribution in [0.2, 0.25) is 10.0 Å². The molecule has 42 heavy (non-hydrogen) atoms. The van der Waals surface area contributed by atoms with E-state index in [0.717, 1.165) is 57.5 Å². The number of urea groups is 1. The molecule has 2 saturated heterocycles. The Morgan fingerprint density at radius 3 is 2.45 bits per heavy atom. The Hall–Kier alpha value is -3.34. The van der Waals surface area contributed by atoms with Crippen molar-refractivity contribution >= 4 is 46.8 Å². The molecule has 0 aliphatic carbocycles. The van der Waals surface area contributed by atoms with E-state index >= 15 is 0 Å². The van der Waals surface area contributed by atoms with E-state index in [9.17, 15) is 14.4 Å². The highest BCUT2D eigenvalue weighted by Gasteiger charge is 2.30. The topological polar surface area (TPSA) is 121 Å². The van der Waals surface area contributed by atoms with Crippen LogP contribution in [0.3, 0.4) is 0 Å². The number of piperidine rings is 1. The van der Waals surface area contributed by atoms with E-state index in [4.69, 9.17) is 33.8 Å². The van der Waals surface area contributed by atoms with Gasteiger partial charge in [0, 0.05) is 60.8 Å². The number of nitrogens with two attached hydrogens (primary N) is 1. The zero-order valence-electron chi connectivity index (χ0n) is 23.8. The molecule has 10 nitrogen and oxygen atoms in total. The Bertz CT molecular complexity index is 1250. The van der Waals surface area contributed by atoms with Crippen molar-refractivity contribution in [1.29, 1.82) is 0 Å². The maximum Gasteiger partial charge on any atom is 0.317 e. The molecular weight excluding hydrogens is 579 g/mol. The zero-order valence-corrected chi connectivity index (χ0v) is 25.3. The Kier molecular flexibility index (Phi) is 11.5. The average Bonchev–Trinajstić information content (AvgIpc) is 2.97. The minimum atomic E-state index is -0.641. The van der Waals surface area contributed by atoms with Crippen LogP contribution in [0.15, 0.2) is 53.7 Å². The van der Waals surface area contributed by atoms with E-state index in [1.807, 2.05) is 35.2 Å². The summed E-state index contributed by atoms with van der Waals surface area (Å²) in [4.78, 5) is 48.3. The molecule has 226 valence electrons. The van der Waals surface area contributed by atoms with Crippen molar-refractivity contribution in [3.05, 3.63) is 69.7 Å². The smallest absolute Gasteiger partial charge is 0.317 e. The lowest BCUT2D eigenvalue weighted by Gasteiger charge is -2.40. The first-order chi connectivity index (χ1) is 20.2. The number of amides is 4. The number of oxime groups is 1. The third kappa shape index (κ3) is 8.83. The van der Waals surface area contributed by atoms with Gasteiger partial charge in [-0.1, -0.05) is 58.7 Å². The van der Waals surface area contributed by atoms with Crippen LogP contribution in [0.1, 0.15) is 47.5 Å². The molecule has 2 aliphatic rings. The maximum absolute atomic E-state index is 13.3. The maximum atomic E-state index is 13.3. The number of nitrogens with zero attached hydrogens (tertiary/aromatic N) is 4. The lowest BCUT2D eigenvalue weighted by atomic mass is 9.89. The van der Waals surface area contributed by atoms with Gasteiger partial charge in [-0.05, 0) is 56.0 Å². The van der Waals surface area contributed by atoms with Gasteiger partial charge in [-0.15, -0.1) is 0 Å². The molecule has 2 heterocycles. The fourth-order valence-corrected chi connectivity index (χ4v) is 6.09. The quantitative estimate of drug-likeness (QED) is 0.276. The van der Waals surface area contributed by atoms with Crippen molar-refractivity contribution in [1.82, 2.24) is 20.0 Å². The summed E-state index contributed by atoms with van der Waals surface area (Å²) >= 11 is 12.3.